The monoisotopic (exact) mass is 318 g/mol. The van der Waals surface area contributed by atoms with Crippen LogP contribution in [0.5, 0.6) is 0 Å². The van der Waals surface area contributed by atoms with E-state index < -0.39 is 5.97 Å². The minimum absolute atomic E-state index is 0.0564. The van der Waals surface area contributed by atoms with Crippen LogP contribution in [0, 0.1) is 0 Å². The van der Waals surface area contributed by atoms with Gasteiger partial charge in [0.15, 0.2) is 0 Å². The maximum absolute atomic E-state index is 11.5. The Hall–Kier alpha value is -0.700. The largest absolute Gasteiger partial charge is 0.510 e. The summed E-state index contributed by atoms with van der Waals surface area (Å²) >= 11 is 5.45. The Morgan fingerprint density at radius 1 is 0.952 bits per heavy atom. The number of aliphatic hydroxyl groups is 1. The van der Waals surface area contributed by atoms with Crippen molar-refractivity contribution in [1.29, 1.82) is 0 Å². The normalized spacial score (nSPS) is 12.1. The highest BCUT2D eigenvalue weighted by atomic mass is 35.5. The van der Waals surface area contributed by atoms with Gasteiger partial charge in [-0.05, 0) is 13.3 Å². The van der Waals surface area contributed by atoms with E-state index in [0.717, 1.165) is 12.8 Å². The Morgan fingerprint density at radius 2 is 1.43 bits per heavy atom. The molecule has 0 aliphatic heterocycles. The molecule has 1 N–H and O–H groups in total. The lowest BCUT2D eigenvalue weighted by molar-refractivity contribution is -0.139. The van der Waals surface area contributed by atoms with Crippen LogP contribution >= 0.6 is 11.6 Å². The number of hydrogen-bond donors (Lipinski definition) is 1. The van der Waals surface area contributed by atoms with Gasteiger partial charge in [-0.25, -0.2) is 4.79 Å². The molecule has 0 aromatic rings. The first-order valence-corrected chi connectivity index (χ1v) is 8.78. The molecule has 0 saturated heterocycles. The molecule has 0 bridgehead atoms. The number of halogens is 1. The Balaban J connectivity index is 3.39. The third-order valence-electron chi connectivity index (χ3n) is 3.60. The minimum atomic E-state index is -0.468. The Bertz CT molecular complexity index is 300. The summed E-state index contributed by atoms with van der Waals surface area (Å²) in [6, 6.07) is 0. The number of hydrogen-bond acceptors (Lipinski definition) is 3. The molecule has 0 amide bonds. The van der Waals surface area contributed by atoms with E-state index in [-0.39, 0.29) is 17.2 Å². The zero-order chi connectivity index (χ0) is 15.9. The van der Waals surface area contributed by atoms with Crippen LogP contribution in [0.1, 0.15) is 78.1 Å². The quantitative estimate of drug-likeness (QED) is 0.160. The molecular formula is C17H31ClO3. The molecule has 0 aliphatic rings. The zero-order valence-electron chi connectivity index (χ0n) is 13.6. The summed E-state index contributed by atoms with van der Waals surface area (Å²) in [6.45, 7) is 4.18. The summed E-state index contributed by atoms with van der Waals surface area (Å²) in [5.74, 6) is -0.632. The van der Waals surface area contributed by atoms with Gasteiger partial charge in [0, 0.05) is 0 Å². The molecule has 0 saturated carbocycles. The van der Waals surface area contributed by atoms with E-state index in [9.17, 15) is 9.90 Å². The lowest BCUT2D eigenvalue weighted by Gasteiger charge is -2.06. The molecule has 0 aromatic carbocycles. The second-order valence-corrected chi connectivity index (χ2v) is 5.79. The van der Waals surface area contributed by atoms with E-state index in [1.54, 1.807) is 0 Å². The number of esters is 1. The SMILES string of the molecule is CCCCCCCCCCCCOC(=O)/C(C)=C(\O)CCl. The lowest BCUT2D eigenvalue weighted by atomic mass is 10.1. The standard InChI is InChI=1S/C17H31ClO3/c1-3-4-5-6-7-8-9-10-11-12-13-21-17(20)15(2)16(19)14-18/h19H,3-14H2,1-2H3/b16-15-. The minimum Gasteiger partial charge on any atom is -0.510 e. The Kier molecular flexibility index (Phi) is 13.8. The van der Waals surface area contributed by atoms with Crippen molar-refractivity contribution < 1.29 is 14.6 Å². The van der Waals surface area contributed by atoms with Gasteiger partial charge >= 0.3 is 5.97 Å². The topological polar surface area (TPSA) is 46.5 Å². The van der Waals surface area contributed by atoms with Gasteiger partial charge in [-0.15, -0.1) is 11.6 Å². The van der Waals surface area contributed by atoms with Crippen molar-refractivity contribution in [1.82, 2.24) is 0 Å². The highest BCUT2D eigenvalue weighted by Gasteiger charge is 2.10. The fraction of sp³-hybridized carbons (Fsp3) is 0.824. The van der Waals surface area contributed by atoms with Crippen molar-refractivity contribution >= 4 is 17.6 Å². The fourth-order valence-electron chi connectivity index (χ4n) is 2.08. The van der Waals surface area contributed by atoms with Gasteiger partial charge in [0.05, 0.1) is 18.1 Å². The summed E-state index contributed by atoms with van der Waals surface area (Å²) in [7, 11) is 0. The Morgan fingerprint density at radius 3 is 1.90 bits per heavy atom. The van der Waals surface area contributed by atoms with Crippen molar-refractivity contribution in [3.8, 4) is 0 Å². The van der Waals surface area contributed by atoms with Crippen LogP contribution in [0.15, 0.2) is 11.3 Å². The van der Waals surface area contributed by atoms with Crippen molar-refractivity contribution in [2.24, 2.45) is 0 Å². The molecule has 124 valence electrons. The van der Waals surface area contributed by atoms with Gasteiger partial charge in [0.1, 0.15) is 5.76 Å². The molecule has 0 aromatic heterocycles. The number of rotatable bonds is 13. The number of alkyl halides is 1. The third-order valence-corrected chi connectivity index (χ3v) is 3.85. The molecule has 0 radical (unpaired) electrons. The number of ether oxygens (including phenoxy) is 1. The van der Waals surface area contributed by atoms with Gasteiger partial charge < -0.3 is 9.84 Å². The van der Waals surface area contributed by atoms with Crippen LogP contribution in [0.4, 0.5) is 0 Å². The molecule has 4 heteroatoms. The van der Waals surface area contributed by atoms with E-state index in [2.05, 4.69) is 6.92 Å². The highest BCUT2D eigenvalue weighted by Crippen LogP contribution is 2.11. The predicted molar refractivity (Wildman–Crippen MR) is 88.9 cm³/mol. The van der Waals surface area contributed by atoms with Crippen LogP contribution in [0.25, 0.3) is 0 Å². The molecule has 3 nitrogen and oxygen atoms in total. The van der Waals surface area contributed by atoms with E-state index >= 15 is 0 Å². The second kappa shape index (κ2) is 14.2. The summed E-state index contributed by atoms with van der Waals surface area (Å²) in [5, 5.41) is 9.32. The maximum atomic E-state index is 11.5. The molecule has 0 spiro atoms. The summed E-state index contributed by atoms with van der Waals surface area (Å²) in [4.78, 5) is 11.5. The molecule has 0 aliphatic carbocycles. The number of aliphatic hydroxyl groups excluding tert-OH is 1. The summed E-state index contributed by atoms with van der Waals surface area (Å²) in [6.07, 6.45) is 12.5. The Labute approximate surface area is 134 Å². The third kappa shape index (κ3) is 11.6. The second-order valence-electron chi connectivity index (χ2n) is 5.52. The van der Waals surface area contributed by atoms with Gasteiger partial charge in [0.25, 0.3) is 0 Å². The van der Waals surface area contributed by atoms with Crippen LogP contribution in [-0.2, 0) is 9.53 Å². The van der Waals surface area contributed by atoms with Gasteiger partial charge in [-0.2, -0.15) is 0 Å². The summed E-state index contributed by atoms with van der Waals surface area (Å²) < 4.78 is 5.08. The van der Waals surface area contributed by atoms with Crippen LogP contribution < -0.4 is 0 Å². The van der Waals surface area contributed by atoms with Gasteiger partial charge in [-0.3, -0.25) is 0 Å². The molecule has 21 heavy (non-hydrogen) atoms. The van der Waals surface area contributed by atoms with E-state index in [4.69, 9.17) is 16.3 Å². The van der Waals surface area contributed by atoms with E-state index in [1.165, 1.54) is 58.3 Å². The smallest absolute Gasteiger partial charge is 0.337 e. The lowest BCUT2D eigenvalue weighted by Crippen LogP contribution is -2.09. The van der Waals surface area contributed by atoms with Crippen LogP contribution in [0.2, 0.25) is 0 Å². The van der Waals surface area contributed by atoms with Gasteiger partial charge in [0.2, 0.25) is 0 Å². The van der Waals surface area contributed by atoms with Crippen LogP contribution in [-0.4, -0.2) is 23.6 Å². The zero-order valence-corrected chi connectivity index (χ0v) is 14.4. The highest BCUT2D eigenvalue weighted by molar-refractivity contribution is 6.19. The predicted octanol–water partition coefficient (Wildman–Crippen LogP) is 5.52. The number of carbonyl (C=O) groups excluding carboxylic acids is 1. The molecular weight excluding hydrogens is 288 g/mol. The molecule has 0 unspecified atom stereocenters. The average molecular weight is 319 g/mol. The molecule has 0 fully saturated rings. The number of unbranched alkanes of at least 4 members (excludes halogenated alkanes) is 9. The average Bonchev–Trinajstić information content (AvgIpc) is 2.50. The first-order valence-electron chi connectivity index (χ1n) is 8.25. The van der Waals surface area contributed by atoms with Gasteiger partial charge in [-0.1, -0.05) is 64.7 Å². The first-order chi connectivity index (χ1) is 10.1. The van der Waals surface area contributed by atoms with Crippen molar-refractivity contribution in [3.63, 3.8) is 0 Å². The molecule has 0 rings (SSSR count). The van der Waals surface area contributed by atoms with Crippen molar-refractivity contribution in [3.05, 3.63) is 11.3 Å². The van der Waals surface area contributed by atoms with Crippen molar-refractivity contribution in [2.45, 2.75) is 78.1 Å². The fourth-order valence-corrected chi connectivity index (χ4v) is 2.28. The number of carbonyl (C=O) groups is 1. The van der Waals surface area contributed by atoms with Crippen LogP contribution in [0.3, 0.4) is 0 Å². The maximum Gasteiger partial charge on any atom is 0.337 e. The van der Waals surface area contributed by atoms with E-state index in [0.29, 0.717) is 6.61 Å². The summed E-state index contributed by atoms with van der Waals surface area (Å²) in [5.41, 5.74) is 0.206. The van der Waals surface area contributed by atoms with Crippen molar-refractivity contribution in [2.75, 3.05) is 12.5 Å². The number of allylic oxidation sites excluding steroid dienone is 1. The first kappa shape index (κ1) is 20.3. The molecule has 0 atom stereocenters. The van der Waals surface area contributed by atoms with E-state index in [1.807, 2.05) is 0 Å². The molecule has 0 heterocycles.